The van der Waals surface area contributed by atoms with Gasteiger partial charge in [-0.2, -0.15) is 0 Å². The van der Waals surface area contributed by atoms with E-state index < -0.39 is 35.2 Å². The summed E-state index contributed by atoms with van der Waals surface area (Å²) in [5.41, 5.74) is 6.24. The third kappa shape index (κ3) is 4.78. The zero-order valence-electron chi connectivity index (χ0n) is 21.3. The number of ether oxygens (including phenoxy) is 1. The molecule has 37 heavy (non-hydrogen) atoms. The molecule has 1 aromatic heterocycles. The van der Waals surface area contributed by atoms with Crippen molar-refractivity contribution in [2.75, 3.05) is 0 Å². The molecule has 10 heteroatoms. The number of carbonyl (C=O) groups excluding carboxylic acids is 2. The maximum Gasteiger partial charge on any atom is 0.232 e. The first-order valence-electron chi connectivity index (χ1n) is 12.4. The number of aliphatic hydroxyl groups is 1. The monoisotopic (exact) mass is 525 g/mol. The Hall–Kier alpha value is -3.17. The van der Waals surface area contributed by atoms with Crippen molar-refractivity contribution in [2.24, 2.45) is 22.6 Å². The Morgan fingerprint density at radius 1 is 1.27 bits per heavy atom. The van der Waals surface area contributed by atoms with Crippen LogP contribution in [0.4, 0.5) is 0 Å². The molecule has 2 amide bonds. The molecule has 5 atom stereocenters. The number of guanidine groups is 1. The van der Waals surface area contributed by atoms with Crippen LogP contribution in [0.1, 0.15) is 63.7 Å². The maximum absolute atomic E-state index is 13.5. The summed E-state index contributed by atoms with van der Waals surface area (Å²) in [5, 5.41) is 14.5. The van der Waals surface area contributed by atoms with E-state index in [0.29, 0.717) is 22.8 Å². The zero-order chi connectivity index (χ0) is 26.7. The first-order valence-corrected chi connectivity index (χ1v) is 12.8. The third-order valence-electron chi connectivity index (χ3n) is 7.40. The molecular weight excluding hydrogens is 494 g/mol. The molecule has 0 saturated heterocycles. The number of pyridine rings is 1. The number of nitrogens with zero attached hydrogens (tertiary/aromatic N) is 3. The van der Waals surface area contributed by atoms with Crippen LogP contribution in [0.15, 0.2) is 47.7 Å². The van der Waals surface area contributed by atoms with Gasteiger partial charge in [0.15, 0.2) is 5.96 Å². The number of hydrogen-bond donors (Lipinski definition) is 3. The predicted octanol–water partition coefficient (Wildman–Crippen LogP) is 3.13. The summed E-state index contributed by atoms with van der Waals surface area (Å²) in [4.78, 5) is 37.0. The summed E-state index contributed by atoms with van der Waals surface area (Å²) in [6, 6.07) is 7.94. The minimum absolute atomic E-state index is 0.118. The molecular formula is C27H32ClN5O4. The lowest BCUT2D eigenvalue weighted by Crippen LogP contribution is -2.54. The Balaban J connectivity index is 1.43. The SMILES string of the molecule is CC1(C)CC(=O)N([C@H](c2cncc(Cl)c2)[C@H]2C[C@@H]2C(=O)N[C@@H]2c3ccccc3OC(C)(C)[C@H]2O)C(N)=N1. The quantitative estimate of drug-likeness (QED) is 0.550. The van der Waals surface area contributed by atoms with Gasteiger partial charge in [0.2, 0.25) is 11.8 Å². The first-order chi connectivity index (χ1) is 17.4. The Bertz CT molecular complexity index is 1280. The highest BCUT2D eigenvalue weighted by Crippen LogP contribution is 2.52. The van der Waals surface area contributed by atoms with E-state index in [9.17, 15) is 14.7 Å². The van der Waals surface area contributed by atoms with Gasteiger partial charge < -0.3 is 20.9 Å². The van der Waals surface area contributed by atoms with Gasteiger partial charge in [0, 0.05) is 23.9 Å². The fourth-order valence-electron chi connectivity index (χ4n) is 5.49. The molecule has 196 valence electrons. The van der Waals surface area contributed by atoms with Crippen molar-refractivity contribution in [2.45, 2.75) is 69.9 Å². The second kappa shape index (κ2) is 8.99. The smallest absolute Gasteiger partial charge is 0.232 e. The Labute approximate surface area is 221 Å². The first kappa shape index (κ1) is 25.5. The molecule has 5 rings (SSSR count). The molecule has 4 N–H and O–H groups in total. The van der Waals surface area contributed by atoms with Crippen molar-refractivity contribution in [3.63, 3.8) is 0 Å². The van der Waals surface area contributed by atoms with Crippen LogP contribution in [-0.2, 0) is 9.59 Å². The van der Waals surface area contributed by atoms with Crippen molar-refractivity contribution < 1.29 is 19.4 Å². The lowest BCUT2D eigenvalue weighted by Gasteiger charge is -2.42. The van der Waals surface area contributed by atoms with E-state index >= 15 is 0 Å². The molecule has 1 aromatic carbocycles. The van der Waals surface area contributed by atoms with Gasteiger partial charge in [-0.3, -0.25) is 19.5 Å². The fourth-order valence-corrected chi connectivity index (χ4v) is 5.67. The number of amides is 2. The second-order valence-corrected chi connectivity index (χ2v) is 11.7. The van der Waals surface area contributed by atoms with Crippen molar-refractivity contribution >= 4 is 29.4 Å². The summed E-state index contributed by atoms with van der Waals surface area (Å²) in [6.45, 7) is 7.30. The topological polar surface area (TPSA) is 130 Å². The minimum atomic E-state index is -0.954. The Kier molecular flexibility index (Phi) is 6.19. The van der Waals surface area contributed by atoms with Gasteiger partial charge in [0.1, 0.15) is 17.5 Å². The molecule has 0 spiro atoms. The highest BCUT2D eigenvalue weighted by atomic mass is 35.5. The summed E-state index contributed by atoms with van der Waals surface area (Å²) in [7, 11) is 0. The van der Waals surface area contributed by atoms with E-state index in [1.807, 2.05) is 38.1 Å². The van der Waals surface area contributed by atoms with E-state index in [2.05, 4.69) is 15.3 Å². The number of aliphatic imine (C=N–C) groups is 1. The molecule has 2 aromatic rings. The number of aromatic nitrogens is 1. The number of halogens is 1. The predicted molar refractivity (Wildman–Crippen MR) is 139 cm³/mol. The average Bonchev–Trinajstić information content (AvgIpc) is 3.59. The number of nitrogens with one attached hydrogen (secondary N) is 1. The lowest BCUT2D eigenvalue weighted by molar-refractivity contribution is -0.132. The van der Waals surface area contributed by atoms with Gasteiger partial charge in [-0.1, -0.05) is 29.8 Å². The van der Waals surface area contributed by atoms with Crippen LogP contribution >= 0.6 is 11.6 Å². The molecule has 3 aliphatic rings. The van der Waals surface area contributed by atoms with Gasteiger partial charge in [-0.05, 0) is 57.7 Å². The van der Waals surface area contributed by atoms with Gasteiger partial charge >= 0.3 is 0 Å². The number of fused-ring (bicyclic) bond motifs is 1. The number of nitrogens with two attached hydrogens (primary N) is 1. The summed E-state index contributed by atoms with van der Waals surface area (Å²) in [5.74, 6) is -0.244. The standard InChI is InChI=1S/C27H32ClN5O4/c1-26(2)11-20(34)33(25(29)32-26)22(14-9-15(28)13-30-12-14)17-10-18(17)24(36)31-21-16-7-5-6-8-19(16)37-27(3,4)23(21)35/h5-9,12-13,17-18,21-23,35H,10-11H2,1-4H3,(H2,29,32)(H,31,36)/t17-,18-,21+,22+,23-/m0/s1. The lowest BCUT2D eigenvalue weighted by atomic mass is 9.86. The number of carbonyl (C=O) groups is 2. The molecule has 1 aliphatic carbocycles. The number of para-hydroxylation sites is 1. The zero-order valence-corrected chi connectivity index (χ0v) is 22.1. The van der Waals surface area contributed by atoms with Crippen molar-refractivity contribution in [1.29, 1.82) is 0 Å². The van der Waals surface area contributed by atoms with Crippen LogP contribution in [0.5, 0.6) is 5.75 Å². The minimum Gasteiger partial charge on any atom is -0.485 e. The van der Waals surface area contributed by atoms with Crippen molar-refractivity contribution in [3.05, 3.63) is 58.9 Å². The maximum atomic E-state index is 13.5. The molecule has 2 aliphatic heterocycles. The Morgan fingerprint density at radius 2 is 2.00 bits per heavy atom. The molecule has 9 nitrogen and oxygen atoms in total. The van der Waals surface area contributed by atoms with E-state index in [1.165, 1.54) is 11.1 Å². The third-order valence-corrected chi connectivity index (χ3v) is 7.60. The second-order valence-electron chi connectivity index (χ2n) is 11.3. The number of benzene rings is 1. The van der Waals surface area contributed by atoms with E-state index in [-0.39, 0.29) is 30.1 Å². The molecule has 0 radical (unpaired) electrons. The number of aliphatic hydroxyl groups excluding tert-OH is 1. The Morgan fingerprint density at radius 3 is 2.70 bits per heavy atom. The molecule has 0 bridgehead atoms. The van der Waals surface area contributed by atoms with E-state index in [0.717, 1.165) is 5.56 Å². The van der Waals surface area contributed by atoms with Crippen LogP contribution in [0, 0.1) is 11.8 Å². The highest BCUT2D eigenvalue weighted by molar-refractivity contribution is 6.30. The van der Waals surface area contributed by atoms with Crippen molar-refractivity contribution in [3.8, 4) is 5.75 Å². The molecule has 1 fully saturated rings. The van der Waals surface area contributed by atoms with Gasteiger partial charge in [0.25, 0.3) is 0 Å². The van der Waals surface area contributed by atoms with Crippen LogP contribution in [-0.4, -0.2) is 50.0 Å². The number of rotatable bonds is 5. The van der Waals surface area contributed by atoms with Crippen molar-refractivity contribution in [1.82, 2.24) is 15.2 Å². The van der Waals surface area contributed by atoms with E-state index in [1.54, 1.807) is 26.1 Å². The van der Waals surface area contributed by atoms with Crippen LogP contribution in [0.3, 0.4) is 0 Å². The largest absolute Gasteiger partial charge is 0.485 e. The van der Waals surface area contributed by atoms with E-state index in [4.69, 9.17) is 22.1 Å². The summed E-state index contributed by atoms with van der Waals surface area (Å²) in [6.07, 6.45) is 2.94. The normalized spacial score (nSPS) is 28.4. The molecule has 0 unspecified atom stereocenters. The molecule has 3 heterocycles. The highest BCUT2D eigenvalue weighted by Gasteiger charge is 2.54. The van der Waals surface area contributed by atoms with Gasteiger partial charge in [-0.15, -0.1) is 0 Å². The average molecular weight is 526 g/mol. The summed E-state index contributed by atoms with van der Waals surface area (Å²) >= 11 is 6.24. The van der Waals surface area contributed by atoms with Gasteiger partial charge in [0.05, 0.1) is 29.1 Å². The van der Waals surface area contributed by atoms with Crippen LogP contribution in [0.2, 0.25) is 5.02 Å². The molecule has 1 saturated carbocycles. The summed E-state index contributed by atoms with van der Waals surface area (Å²) < 4.78 is 5.98. The number of hydrogen-bond acceptors (Lipinski definition) is 7. The van der Waals surface area contributed by atoms with Crippen LogP contribution < -0.4 is 15.8 Å². The van der Waals surface area contributed by atoms with Gasteiger partial charge in [-0.25, -0.2) is 4.99 Å². The fraction of sp³-hybridized carbons (Fsp3) is 0.481. The van der Waals surface area contributed by atoms with Crippen LogP contribution in [0.25, 0.3) is 0 Å².